The summed E-state index contributed by atoms with van der Waals surface area (Å²) in [4.78, 5) is 0. The van der Waals surface area contributed by atoms with Crippen LogP contribution in [0.1, 0.15) is 45.2 Å². The molecule has 1 rings (SSSR count). The highest BCUT2D eigenvalue weighted by molar-refractivity contribution is 6.33. The number of nitrogens with one attached hydrogen (secondary N) is 1. The zero-order valence-corrected chi connectivity index (χ0v) is 13.9. The first kappa shape index (κ1) is 17.1. The predicted molar refractivity (Wildman–Crippen MR) is 85.0 cm³/mol. The Kier molecular flexibility index (Phi) is 7.17. The Morgan fingerprint density at radius 3 is 2.40 bits per heavy atom. The quantitative estimate of drug-likeness (QED) is 0.769. The van der Waals surface area contributed by atoms with Gasteiger partial charge >= 0.3 is 0 Å². The monoisotopic (exact) mass is 299 g/mol. The van der Waals surface area contributed by atoms with E-state index in [4.69, 9.17) is 21.1 Å². The maximum absolute atomic E-state index is 6.35. The Labute approximate surface area is 127 Å². The number of halogens is 1. The molecule has 0 radical (unpaired) electrons. The van der Waals surface area contributed by atoms with Crippen molar-refractivity contribution in [2.24, 2.45) is 5.92 Å². The predicted octanol–water partition coefficient (Wildman–Crippen LogP) is 4.44. The van der Waals surface area contributed by atoms with E-state index < -0.39 is 0 Å². The van der Waals surface area contributed by atoms with Gasteiger partial charge in [-0.25, -0.2) is 0 Å². The van der Waals surface area contributed by atoms with Gasteiger partial charge in [0.15, 0.2) is 0 Å². The molecule has 0 aromatic heterocycles. The van der Waals surface area contributed by atoms with Crippen molar-refractivity contribution in [3.8, 4) is 11.5 Å². The fourth-order valence-electron chi connectivity index (χ4n) is 2.30. The lowest BCUT2D eigenvalue weighted by atomic mass is 9.96. The summed E-state index contributed by atoms with van der Waals surface area (Å²) in [5, 5.41) is 4.12. The lowest BCUT2D eigenvalue weighted by Gasteiger charge is -2.24. The van der Waals surface area contributed by atoms with Crippen molar-refractivity contribution in [2.75, 3.05) is 20.8 Å². The van der Waals surface area contributed by atoms with Crippen molar-refractivity contribution in [1.82, 2.24) is 5.32 Å². The second-order valence-electron chi connectivity index (χ2n) is 5.34. The molecule has 3 nitrogen and oxygen atoms in total. The fourth-order valence-corrected chi connectivity index (χ4v) is 2.63. The number of ether oxygens (including phenoxy) is 2. The van der Waals surface area contributed by atoms with E-state index in [1.165, 1.54) is 0 Å². The molecule has 20 heavy (non-hydrogen) atoms. The number of hydrogen-bond donors (Lipinski definition) is 1. The van der Waals surface area contributed by atoms with Crippen molar-refractivity contribution in [2.45, 2.75) is 39.7 Å². The molecule has 1 N–H and O–H groups in total. The molecule has 0 bridgehead atoms. The van der Waals surface area contributed by atoms with Crippen LogP contribution in [0.25, 0.3) is 0 Å². The van der Waals surface area contributed by atoms with Crippen molar-refractivity contribution in [3.63, 3.8) is 0 Å². The standard InChI is InChI=1S/C16H26ClNO2/c1-6-9-18-13(10-11(2)3)12-7-8-14(19-4)15(17)16(12)20-5/h7-8,11,13,18H,6,9-10H2,1-5H3. The van der Waals surface area contributed by atoms with Crippen molar-refractivity contribution in [3.05, 3.63) is 22.7 Å². The summed E-state index contributed by atoms with van der Waals surface area (Å²) in [5.41, 5.74) is 1.10. The number of rotatable bonds is 8. The molecule has 114 valence electrons. The lowest BCUT2D eigenvalue weighted by molar-refractivity contribution is 0.372. The second kappa shape index (κ2) is 8.38. The smallest absolute Gasteiger partial charge is 0.146 e. The summed E-state index contributed by atoms with van der Waals surface area (Å²) in [6.07, 6.45) is 2.14. The molecule has 0 aliphatic rings. The van der Waals surface area contributed by atoms with E-state index in [9.17, 15) is 0 Å². The van der Waals surface area contributed by atoms with Gasteiger partial charge in [-0.3, -0.25) is 0 Å². The molecule has 0 aliphatic carbocycles. The molecular formula is C16H26ClNO2. The largest absolute Gasteiger partial charge is 0.495 e. The molecule has 1 aromatic rings. The third kappa shape index (κ3) is 4.29. The molecule has 1 aromatic carbocycles. The molecule has 0 saturated heterocycles. The molecule has 1 unspecified atom stereocenters. The minimum Gasteiger partial charge on any atom is -0.495 e. The molecule has 0 aliphatic heterocycles. The summed E-state index contributed by atoms with van der Waals surface area (Å²) < 4.78 is 10.8. The third-order valence-electron chi connectivity index (χ3n) is 3.24. The SMILES string of the molecule is CCCNC(CC(C)C)c1ccc(OC)c(Cl)c1OC. The molecule has 4 heteroatoms. The summed E-state index contributed by atoms with van der Waals surface area (Å²) in [6.45, 7) is 7.58. The molecule has 1 atom stereocenters. The fraction of sp³-hybridized carbons (Fsp3) is 0.625. The minimum absolute atomic E-state index is 0.244. The van der Waals surface area contributed by atoms with Crippen LogP contribution in [0.2, 0.25) is 5.02 Å². The van der Waals surface area contributed by atoms with Crippen LogP contribution in [0.15, 0.2) is 12.1 Å². The van der Waals surface area contributed by atoms with Crippen molar-refractivity contribution >= 4 is 11.6 Å². The Hall–Kier alpha value is -0.930. The zero-order chi connectivity index (χ0) is 15.1. The summed E-state index contributed by atoms with van der Waals surface area (Å²) >= 11 is 6.35. The van der Waals surface area contributed by atoms with Crippen molar-refractivity contribution in [1.29, 1.82) is 0 Å². The van der Waals surface area contributed by atoms with E-state index in [0.717, 1.165) is 24.9 Å². The van der Waals surface area contributed by atoms with Crippen LogP contribution in [0.5, 0.6) is 11.5 Å². The summed E-state index contributed by atoms with van der Waals surface area (Å²) in [7, 11) is 3.26. The number of methoxy groups -OCH3 is 2. The molecule has 0 fully saturated rings. The number of hydrogen-bond acceptors (Lipinski definition) is 3. The Bertz CT molecular complexity index is 421. The second-order valence-corrected chi connectivity index (χ2v) is 5.72. The van der Waals surface area contributed by atoms with Gasteiger partial charge in [-0.2, -0.15) is 0 Å². The van der Waals surface area contributed by atoms with Crippen LogP contribution in [0.3, 0.4) is 0 Å². The van der Waals surface area contributed by atoms with E-state index in [0.29, 0.717) is 22.4 Å². The molecule has 0 spiro atoms. The minimum atomic E-state index is 0.244. The Balaban J connectivity index is 3.14. The highest BCUT2D eigenvalue weighted by Gasteiger charge is 2.21. The van der Waals surface area contributed by atoms with Crippen molar-refractivity contribution < 1.29 is 9.47 Å². The van der Waals surface area contributed by atoms with Gasteiger partial charge in [0, 0.05) is 11.6 Å². The van der Waals surface area contributed by atoms with Gasteiger partial charge in [-0.15, -0.1) is 0 Å². The molecule has 0 heterocycles. The van der Waals surface area contributed by atoms with Crippen LogP contribution < -0.4 is 14.8 Å². The van der Waals surface area contributed by atoms with Gasteiger partial charge in [0.1, 0.15) is 16.5 Å². The first-order chi connectivity index (χ1) is 9.54. The number of benzene rings is 1. The van der Waals surface area contributed by atoms with Gasteiger partial charge in [0.2, 0.25) is 0 Å². The molecular weight excluding hydrogens is 274 g/mol. The average Bonchev–Trinajstić information content (AvgIpc) is 2.42. The van der Waals surface area contributed by atoms with E-state index in [1.807, 2.05) is 12.1 Å². The van der Waals surface area contributed by atoms with Gasteiger partial charge < -0.3 is 14.8 Å². The summed E-state index contributed by atoms with van der Waals surface area (Å²) in [5.74, 6) is 1.95. The van der Waals surface area contributed by atoms with E-state index in [1.54, 1.807) is 14.2 Å². The van der Waals surface area contributed by atoms with E-state index in [2.05, 4.69) is 26.1 Å². The van der Waals surface area contributed by atoms with Gasteiger partial charge in [0.05, 0.1) is 14.2 Å². The molecule has 0 saturated carbocycles. The van der Waals surface area contributed by atoms with Gasteiger partial charge in [-0.05, 0) is 37.4 Å². The first-order valence-corrected chi connectivity index (χ1v) is 7.56. The van der Waals surface area contributed by atoms with E-state index >= 15 is 0 Å². The van der Waals surface area contributed by atoms with Crippen LogP contribution in [0, 0.1) is 5.92 Å². The lowest BCUT2D eigenvalue weighted by Crippen LogP contribution is -2.24. The van der Waals surface area contributed by atoms with Crippen LogP contribution >= 0.6 is 11.6 Å². The highest BCUT2D eigenvalue weighted by Crippen LogP contribution is 2.40. The Morgan fingerprint density at radius 1 is 1.20 bits per heavy atom. The van der Waals surface area contributed by atoms with Gasteiger partial charge in [0.25, 0.3) is 0 Å². The van der Waals surface area contributed by atoms with Crippen LogP contribution in [-0.2, 0) is 0 Å². The third-order valence-corrected chi connectivity index (χ3v) is 3.60. The van der Waals surface area contributed by atoms with E-state index in [-0.39, 0.29) is 6.04 Å². The zero-order valence-electron chi connectivity index (χ0n) is 13.1. The van der Waals surface area contributed by atoms with Crippen LogP contribution in [-0.4, -0.2) is 20.8 Å². The average molecular weight is 300 g/mol. The first-order valence-electron chi connectivity index (χ1n) is 7.18. The molecule has 0 amide bonds. The maximum atomic E-state index is 6.35. The summed E-state index contributed by atoms with van der Waals surface area (Å²) in [6, 6.07) is 4.19. The maximum Gasteiger partial charge on any atom is 0.146 e. The highest BCUT2D eigenvalue weighted by atomic mass is 35.5. The Morgan fingerprint density at radius 2 is 1.90 bits per heavy atom. The normalized spacial score (nSPS) is 12.6. The van der Waals surface area contributed by atoms with Gasteiger partial charge in [-0.1, -0.05) is 32.4 Å². The van der Waals surface area contributed by atoms with Crippen LogP contribution in [0.4, 0.5) is 0 Å². The topological polar surface area (TPSA) is 30.5 Å².